The molecule has 0 saturated heterocycles. The third-order valence-corrected chi connectivity index (χ3v) is 6.13. The Morgan fingerprint density at radius 1 is 1.06 bits per heavy atom. The molecule has 0 unspecified atom stereocenters. The summed E-state index contributed by atoms with van der Waals surface area (Å²) in [6, 6.07) is 8.98. The van der Waals surface area contributed by atoms with E-state index in [1.165, 1.54) is 25.7 Å². The first kappa shape index (κ1) is 23.2. The van der Waals surface area contributed by atoms with Crippen LogP contribution in [0.4, 0.5) is 5.69 Å². The highest BCUT2D eigenvalue weighted by molar-refractivity contribution is 5.99. The van der Waals surface area contributed by atoms with Gasteiger partial charge in [0.15, 0.2) is 6.19 Å². The number of nitrogens with zero attached hydrogens (tertiary/aromatic N) is 1. The Labute approximate surface area is 190 Å². The van der Waals surface area contributed by atoms with Gasteiger partial charge in [0.2, 0.25) is 0 Å². The zero-order chi connectivity index (χ0) is 23.3. The van der Waals surface area contributed by atoms with Crippen molar-refractivity contribution in [2.24, 2.45) is 0 Å². The van der Waals surface area contributed by atoms with Crippen molar-refractivity contribution in [2.45, 2.75) is 52.5 Å². The van der Waals surface area contributed by atoms with E-state index in [0.29, 0.717) is 17.4 Å². The van der Waals surface area contributed by atoms with E-state index in [4.69, 9.17) is 14.7 Å². The first-order chi connectivity index (χ1) is 15.4. The zero-order valence-corrected chi connectivity index (χ0v) is 19.5. The molecule has 1 fully saturated rings. The van der Waals surface area contributed by atoms with E-state index >= 15 is 0 Å². The quantitative estimate of drug-likeness (QED) is 0.350. The summed E-state index contributed by atoms with van der Waals surface area (Å²) in [6.45, 7) is 5.60. The lowest BCUT2D eigenvalue weighted by Crippen LogP contribution is -2.18. The number of amides is 1. The lowest BCUT2D eigenvalue weighted by atomic mass is 9.91. The van der Waals surface area contributed by atoms with Crippen LogP contribution >= 0.6 is 0 Å². The summed E-state index contributed by atoms with van der Waals surface area (Å²) >= 11 is 0. The molecule has 0 atom stereocenters. The number of methoxy groups -OCH3 is 2. The number of carbonyl (C=O) groups excluding carboxylic acids is 1. The SMILES string of the molecule is COc1c(C)c(-c2ccc(NC3CCCC3)cc2)c(OC)c(C)c1C=C(C)C(=O)NC#N. The van der Waals surface area contributed by atoms with Crippen molar-refractivity contribution in [2.75, 3.05) is 19.5 Å². The number of hydrogen-bond acceptors (Lipinski definition) is 5. The minimum atomic E-state index is -0.444. The Hall–Kier alpha value is -3.46. The Morgan fingerprint density at radius 3 is 2.25 bits per heavy atom. The van der Waals surface area contributed by atoms with E-state index in [9.17, 15) is 4.79 Å². The molecule has 1 amide bonds. The van der Waals surface area contributed by atoms with Gasteiger partial charge in [-0.3, -0.25) is 10.1 Å². The molecule has 0 spiro atoms. The summed E-state index contributed by atoms with van der Waals surface area (Å²) in [4.78, 5) is 12.1. The number of hydrogen-bond donors (Lipinski definition) is 2. The van der Waals surface area contributed by atoms with Gasteiger partial charge in [0.1, 0.15) is 11.5 Å². The molecule has 6 nitrogen and oxygen atoms in total. The summed E-state index contributed by atoms with van der Waals surface area (Å²) in [5, 5.41) is 14.5. The van der Waals surface area contributed by atoms with Crippen LogP contribution in [0.15, 0.2) is 29.8 Å². The molecule has 6 heteroatoms. The summed E-state index contributed by atoms with van der Waals surface area (Å²) in [6.07, 6.45) is 8.45. The first-order valence-electron chi connectivity index (χ1n) is 10.9. The summed E-state index contributed by atoms with van der Waals surface area (Å²) < 4.78 is 11.6. The number of nitrogens with one attached hydrogen (secondary N) is 2. The highest BCUT2D eigenvalue weighted by atomic mass is 16.5. The summed E-state index contributed by atoms with van der Waals surface area (Å²) in [5.41, 5.74) is 6.07. The van der Waals surface area contributed by atoms with Crippen molar-refractivity contribution in [3.8, 4) is 28.8 Å². The van der Waals surface area contributed by atoms with Crippen molar-refractivity contribution < 1.29 is 14.3 Å². The van der Waals surface area contributed by atoms with Gasteiger partial charge in [-0.1, -0.05) is 25.0 Å². The first-order valence-corrected chi connectivity index (χ1v) is 10.9. The van der Waals surface area contributed by atoms with Crippen LogP contribution in [0, 0.1) is 25.3 Å². The maximum Gasteiger partial charge on any atom is 0.259 e. The number of ether oxygens (including phenoxy) is 2. The molecular formula is C26H31N3O3. The molecular weight excluding hydrogens is 402 g/mol. The van der Waals surface area contributed by atoms with E-state index < -0.39 is 5.91 Å². The molecule has 3 rings (SSSR count). The predicted molar refractivity (Wildman–Crippen MR) is 128 cm³/mol. The van der Waals surface area contributed by atoms with Crippen molar-refractivity contribution in [3.05, 3.63) is 46.5 Å². The maximum atomic E-state index is 12.1. The molecule has 32 heavy (non-hydrogen) atoms. The molecule has 2 aromatic rings. The molecule has 168 valence electrons. The van der Waals surface area contributed by atoms with Crippen LogP contribution in [0.2, 0.25) is 0 Å². The second-order valence-electron chi connectivity index (χ2n) is 8.20. The molecule has 0 radical (unpaired) electrons. The number of carbonyl (C=O) groups is 1. The zero-order valence-electron chi connectivity index (χ0n) is 19.5. The predicted octanol–water partition coefficient (Wildman–Crippen LogP) is 5.34. The van der Waals surface area contributed by atoms with Crippen LogP contribution in [0.3, 0.4) is 0 Å². The third kappa shape index (κ3) is 4.72. The molecule has 2 N–H and O–H groups in total. The number of rotatable bonds is 7. The molecule has 0 aromatic heterocycles. The van der Waals surface area contributed by atoms with Crippen molar-refractivity contribution >= 4 is 17.7 Å². The molecule has 0 bridgehead atoms. The molecule has 1 saturated carbocycles. The van der Waals surface area contributed by atoms with E-state index in [1.54, 1.807) is 33.4 Å². The highest BCUT2D eigenvalue weighted by Crippen LogP contribution is 2.45. The van der Waals surface area contributed by atoms with Crippen LogP contribution in [-0.4, -0.2) is 26.2 Å². The standard InChI is InChI=1S/C26H31N3O3/c1-16(26(30)28-15-27)14-22-17(2)25(32-5)23(18(3)24(22)31-4)19-10-12-21(13-11-19)29-20-8-6-7-9-20/h10-14,20,29H,6-9H2,1-5H3,(H,28,30). The van der Waals surface area contributed by atoms with Gasteiger partial charge in [-0.25, -0.2) is 0 Å². The average Bonchev–Trinajstić information content (AvgIpc) is 3.30. The summed E-state index contributed by atoms with van der Waals surface area (Å²) in [5.74, 6) is 0.968. The van der Waals surface area contributed by atoms with Gasteiger partial charge in [-0.15, -0.1) is 0 Å². The van der Waals surface area contributed by atoms with Crippen LogP contribution in [-0.2, 0) is 4.79 Å². The smallest absolute Gasteiger partial charge is 0.259 e. The minimum Gasteiger partial charge on any atom is -0.496 e. The number of benzene rings is 2. The van der Waals surface area contributed by atoms with Gasteiger partial charge in [0.05, 0.1) is 14.2 Å². The van der Waals surface area contributed by atoms with Crippen LogP contribution < -0.4 is 20.1 Å². The maximum absolute atomic E-state index is 12.1. The van der Waals surface area contributed by atoms with Crippen LogP contribution in [0.5, 0.6) is 11.5 Å². The molecule has 0 heterocycles. The lowest BCUT2D eigenvalue weighted by molar-refractivity contribution is -0.116. The summed E-state index contributed by atoms with van der Waals surface area (Å²) in [7, 11) is 3.27. The van der Waals surface area contributed by atoms with Crippen molar-refractivity contribution in [1.82, 2.24) is 5.32 Å². The van der Waals surface area contributed by atoms with Gasteiger partial charge in [-0.05, 0) is 57.4 Å². The van der Waals surface area contributed by atoms with Gasteiger partial charge in [-0.2, -0.15) is 5.26 Å². The van der Waals surface area contributed by atoms with E-state index in [2.05, 4.69) is 34.9 Å². The van der Waals surface area contributed by atoms with Gasteiger partial charge < -0.3 is 14.8 Å². The van der Waals surface area contributed by atoms with Gasteiger partial charge >= 0.3 is 0 Å². The Balaban J connectivity index is 2.05. The Kier molecular flexibility index (Phi) is 7.42. The van der Waals surface area contributed by atoms with Gasteiger partial charge in [0, 0.05) is 39.6 Å². The number of anilines is 1. The van der Waals surface area contributed by atoms with E-state index in [0.717, 1.165) is 39.3 Å². The van der Waals surface area contributed by atoms with Crippen LogP contribution in [0.25, 0.3) is 17.2 Å². The lowest BCUT2D eigenvalue weighted by Gasteiger charge is -2.22. The fourth-order valence-electron chi connectivity index (χ4n) is 4.48. The van der Waals surface area contributed by atoms with Crippen molar-refractivity contribution in [3.63, 3.8) is 0 Å². The highest BCUT2D eigenvalue weighted by Gasteiger charge is 2.22. The number of nitriles is 1. The van der Waals surface area contributed by atoms with Gasteiger partial charge in [0.25, 0.3) is 5.91 Å². The fourth-order valence-corrected chi connectivity index (χ4v) is 4.48. The average molecular weight is 434 g/mol. The Morgan fingerprint density at radius 2 is 1.69 bits per heavy atom. The second-order valence-corrected chi connectivity index (χ2v) is 8.20. The normalized spacial score (nSPS) is 14.1. The van der Waals surface area contributed by atoms with Crippen molar-refractivity contribution in [1.29, 1.82) is 5.26 Å². The monoisotopic (exact) mass is 433 g/mol. The topological polar surface area (TPSA) is 83.4 Å². The largest absolute Gasteiger partial charge is 0.496 e. The Bertz CT molecular complexity index is 1060. The minimum absolute atomic E-state index is 0.407. The van der Waals surface area contributed by atoms with Crippen LogP contribution in [0.1, 0.15) is 49.3 Å². The van der Waals surface area contributed by atoms with E-state index in [-0.39, 0.29) is 0 Å². The molecule has 1 aliphatic carbocycles. The molecule has 0 aliphatic heterocycles. The molecule has 1 aliphatic rings. The fraction of sp³-hybridized carbons (Fsp3) is 0.385. The third-order valence-electron chi connectivity index (χ3n) is 6.13. The molecule has 2 aromatic carbocycles. The van der Waals surface area contributed by atoms with E-state index in [1.807, 2.05) is 13.8 Å². The second kappa shape index (κ2) is 10.2.